The van der Waals surface area contributed by atoms with E-state index in [1.165, 1.54) is 19.3 Å². The highest BCUT2D eigenvalue weighted by atomic mass is 16.4. The number of carbonyl (C=O) groups is 1. The first kappa shape index (κ1) is 11.5. The van der Waals surface area contributed by atoms with Gasteiger partial charge in [-0.15, -0.1) is 0 Å². The van der Waals surface area contributed by atoms with Crippen molar-refractivity contribution < 1.29 is 20.1 Å². The van der Waals surface area contributed by atoms with Gasteiger partial charge in [0.15, 0.2) is 5.60 Å². The maximum atomic E-state index is 11.4. The summed E-state index contributed by atoms with van der Waals surface area (Å²) in [6, 6.07) is 0. The van der Waals surface area contributed by atoms with Crippen molar-refractivity contribution in [3.05, 3.63) is 0 Å². The van der Waals surface area contributed by atoms with Crippen molar-refractivity contribution in [3.8, 4) is 0 Å². The van der Waals surface area contributed by atoms with Gasteiger partial charge in [0, 0.05) is 5.41 Å². The zero-order chi connectivity index (χ0) is 12.3. The lowest BCUT2D eigenvalue weighted by Gasteiger charge is -2.60. The Labute approximate surface area is 101 Å². The largest absolute Gasteiger partial charge is 0.479 e. The van der Waals surface area contributed by atoms with Crippen LogP contribution in [0.2, 0.25) is 0 Å². The van der Waals surface area contributed by atoms with Crippen molar-refractivity contribution in [2.45, 2.75) is 44.1 Å². The molecular weight excluding hydrogens is 220 g/mol. The molecule has 0 aromatic carbocycles. The summed E-state index contributed by atoms with van der Waals surface area (Å²) in [7, 11) is 0. The van der Waals surface area contributed by atoms with Gasteiger partial charge in [0.1, 0.15) is 0 Å². The number of aliphatic carboxylic acids is 1. The van der Waals surface area contributed by atoms with Crippen molar-refractivity contribution in [2.24, 2.45) is 23.2 Å². The van der Waals surface area contributed by atoms with Gasteiger partial charge in [-0.1, -0.05) is 0 Å². The lowest BCUT2D eigenvalue weighted by Crippen LogP contribution is -2.63. The van der Waals surface area contributed by atoms with E-state index in [0.717, 1.165) is 19.3 Å². The van der Waals surface area contributed by atoms with Crippen LogP contribution in [0.4, 0.5) is 0 Å². The van der Waals surface area contributed by atoms with Crippen molar-refractivity contribution in [2.75, 3.05) is 6.61 Å². The fourth-order valence-corrected chi connectivity index (χ4v) is 5.08. The van der Waals surface area contributed by atoms with Crippen LogP contribution in [0.1, 0.15) is 38.5 Å². The summed E-state index contributed by atoms with van der Waals surface area (Å²) < 4.78 is 0. The molecule has 0 spiro atoms. The summed E-state index contributed by atoms with van der Waals surface area (Å²) in [5, 5.41) is 29.1. The molecule has 3 N–H and O–H groups in total. The second-order valence-electron chi connectivity index (χ2n) is 6.52. The van der Waals surface area contributed by atoms with Crippen molar-refractivity contribution in [1.29, 1.82) is 0 Å². The minimum atomic E-state index is -1.93. The lowest BCUT2D eigenvalue weighted by molar-refractivity contribution is -0.213. The Morgan fingerprint density at radius 2 is 1.53 bits per heavy atom. The Bertz CT molecular complexity index is 316. The number of rotatable bonds is 3. The van der Waals surface area contributed by atoms with E-state index in [1.54, 1.807) is 0 Å². The molecule has 1 atom stereocenters. The summed E-state index contributed by atoms with van der Waals surface area (Å²) >= 11 is 0. The molecule has 4 bridgehead atoms. The van der Waals surface area contributed by atoms with E-state index in [2.05, 4.69) is 0 Å². The summed E-state index contributed by atoms with van der Waals surface area (Å²) in [5.41, 5.74) is -2.49. The quantitative estimate of drug-likeness (QED) is 0.688. The number of hydrogen-bond acceptors (Lipinski definition) is 3. The fraction of sp³-hybridized carbons (Fsp3) is 0.923. The van der Waals surface area contributed by atoms with Crippen LogP contribution in [0.15, 0.2) is 0 Å². The van der Waals surface area contributed by atoms with Gasteiger partial charge in [-0.25, -0.2) is 4.79 Å². The van der Waals surface area contributed by atoms with Gasteiger partial charge in [0.05, 0.1) is 6.61 Å². The molecule has 0 aromatic heterocycles. The molecule has 4 nitrogen and oxygen atoms in total. The van der Waals surface area contributed by atoms with Gasteiger partial charge >= 0.3 is 5.97 Å². The summed E-state index contributed by atoms with van der Waals surface area (Å²) in [5.74, 6) is 0.456. The van der Waals surface area contributed by atoms with Crippen molar-refractivity contribution in [1.82, 2.24) is 0 Å². The van der Waals surface area contributed by atoms with Crippen molar-refractivity contribution >= 4 is 5.97 Å². The molecule has 4 rings (SSSR count). The van der Waals surface area contributed by atoms with Gasteiger partial charge in [-0.3, -0.25) is 0 Å². The highest BCUT2D eigenvalue weighted by Crippen LogP contribution is 2.63. The SMILES string of the molecule is O=C(O)C(O)(CO)C12CC3CC(CC(C3)C1)C2. The summed E-state index contributed by atoms with van der Waals surface area (Å²) in [6.07, 6.45) is 5.92. The van der Waals surface area contributed by atoms with Crippen LogP contribution >= 0.6 is 0 Å². The van der Waals surface area contributed by atoms with E-state index in [4.69, 9.17) is 0 Å². The first-order valence-corrected chi connectivity index (χ1v) is 6.56. The molecule has 0 aliphatic heterocycles. The lowest BCUT2D eigenvalue weighted by atomic mass is 9.45. The minimum absolute atomic E-state index is 0.567. The van der Waals surface area contributed by atoms with E-state index in [-0.39, 0.29) is 0 Å². The molecule has 4 heteroatoms. The zero-order valence-corrected chi connectivity index (χ0v) is 9.93. The van der Waals surface area contributed by atoms with Gasteiger partial charge in [0.25, 0.3) is 0 Å². The third-order valence-corrected chi connectivity index (χ3v) is 5.50. The molecule has 0 saturated heterocycles. The first-order chi connectivity index (χ1) is 7.99. The number of aliphatic hydroxyl groups excluding tert-OH is 1. The third-order valence-electron chi connectivity index (χ3n) is 5.50. The molecular formula is C13H20O4. The molecule has 96 valence electrons. The third kappa shape index (κ3) is 1.40. The molecule has 4 aliphatic carbocycles. The van der Waals surface area contributed by atoms with Gasteiger partial charge in [0.2, 0.25) is 0 Å². The number of hydrogen-bond donors (Lipinski definition) is 3. The predicted octanol–water partition coefficient (Wildman–Crippen LogP) is 1.01. The molecule has 0 aromatic rings. The molecule has 0 heterocycles. The van der Waals surface area contributed by atoms with Crippen LogP contribution in [-0.2, 0) is 4.79 Å². The van der Waals surface area contributed by atoms with E-state index in [0.29, 0.717) is 17.8 Å². The van der Waals surface area contributed by atoms with Crippen LogP contribution < -0.4 is 0 Å². The monoisotopic (exact) mass is 240 g/mol. The Kier molecular flexibility index (Phi) is 2.33. The van der Waals surface area contributed by atoms with E-state index >= 15 is 0 Å². The minimum Gasteiger partial charge on any atom is -0.479 e. The highest BCUT2D eigenvalue weighted by Gasteiger charge is 2.63. The second-order valence-corrected chi connectivity index (χ2v) is 6.52. The van der Waals surface area contributed by atoms with Crippen LogP contribution in [-0.4, -0.2) is 33.5 Å². The Morgan fingerprint density at radius 1 is 1.12 bits per heavy atom. The van der Waals surface area contributed by atoms with Gasteiger partial charge in [-0.2, -0.15) is 0 Å². The maximum absolute atomic E-state index is 11.4. The van der Waals surface area contributed by atoms with E-state index in [9.17, 15) is 20.1 Å². The average Bonchev–Trinajstić information content (AvgIpc) is 2.25. The maximum Gasteiger partial charge on any atom is 0.338 e. The summed E-state index contributed by atoms with van der Waals surface area (Å²) in [6.45, 7) is -0.658. The van der Waals surface area contributed by atoms with Crippen LogP contribution in [0.3, 0.4) is 0 Å². The first-order valence-electron chi connectivity index (χ1n) is 6.56. The Morgan fingerprint density at radius 3 is 1.82 bits per heavy atom. The Balaban J connectivity index is 1.98. The molecule has 4 aliphatic rings. The molecule has 0 radical (unpaired) electrons. The van der Waals surface area contributed by atoms with Crippen LogP contribution in [0, 0.1) is 23.2 Å². The van der Waals surface area contributed by atoms with E-state index < -0.39 is 23.6 Å². The zero-order valence-electron chi connectivity index (χ0n) is 9.93. The van der Waals surface area contributed by atoms with Gasteiger partial charge < -0.3 is 15.3 Å². The predicted molar refractivity (Wildman–Crippen MR) is 60.3 cm³/mol. The molecule has 1 unspecified atom stereocenters. The normalized spacial score (nSPS) is 46.8. The topological polar surface area (TPSA) is 77.8 Å². The van der Waals surface area contributed by atoms with E-state index in [1.807, 2.05) is 0 Å². The smallest absolute Gasteiger partial charge is 0.338 e. The number of carboxylic acid groups (broad SMARTS) is 1. The number of aliphatic hydroxyl groups is 2. The van der Waals surface area contributed by atoms with Gasteiger partial charge in [-0.05, 0) is 56.3 Å². The second kappa shape index (κ2) is 3.45. The summed E-state index contributed by atoms with van der Waals surface area (Å²) in [4.78, 5) is 11.4. The Hall–Kier alpha value is -0.610. The molecule has 4 saturated carbocycles. The molecule has 4 fully saturated rings. The highest BCUT2D eigenvalue weighted by molar-refractivity contribution is 5.78. The van der Waals surface area contributed by atoms with Crippen molar-refractivity contribution in [3.63, 3.8) is 0 Å². The fourth-order valence-electron chi connectivity index (χ4n) is 5.08. The molecule has 17 heavy (non-hydrogen) atoms. The van der Waals surface area contributed by atoms with Crippen LogP contribution in [0.5, 0.6) is 0 Å². The number of carboxylic acids is 1. The molecule has 0 amide bonds. The average molecular weight is 240 g/mol. The van der Waals surface area contributed by atoms with Crippen LogP contribution in [0.25, 0.3) is 0 Å². The standard InChI is InChI=1S/C13H20O4/c14-7-13(17,11(15)16)12-4-8-1-9(5-12)3-10(2-8)6-12/h8-10,14,17H,1-7H2,(H,15,16).